The summed E-state index contributed by atoms with van der Waals surface area (Å²) in [7, 11) is -0.662. The fourth-order valence-electron chi connectivity index (χ4n) is 1.36. The summed E-state index contributed by atoms with van der Waals surface area (Å²) >= 11 is 0. The molecule has 0 aliphatic heterocycles. The lowest BCUT2D eigenvalue weighted by molar-refractivity contribution is 0.0600. The van der Waals surface area contributed by atoms with Crippen LogP contribution in [0.15, 0.2) is 18.2 Å². The maximum Gasteiger partial charge on any atom is 0.339 e. The van der Waals surface area contributed by atoms with E-state index in [1.165, 1.54) is 25.3 Å². The minimum Gasteiger partial charge on any atom is -0.544 e. The number of benzene rings is 1. The highest BCUT2D eigenvalue weighted by Gasteiger charge is 2.22. The summed E-state index contributed by atoms with van der Waals surface area (Å²) in [6.45, 7) is 5.85. The van der Waals surface area contributed by atoms with Gasteiger partial charge in [0.15, 0.2) is 0 Å². The van der Waals surface area contributed by atoms with E-state index in [9.17, 15) is 9.59 Å². The van der Waals surface area contributed by atoms with Crippen molar-refractivity contribution in [3.8, 4) is 5.75 Å². The Hall–Kier alpha value is -1.82. The predicted octanol–water partition coefficient (Wildman–Crippen LogP) is 2.39. The second-order valence-corrected chi connectivity index (χ2v) is 9.15. The molecule has 1 N–H and O–H groups in total. The normalized spacial score (nSPS) is 10.9. The summed E-state index contributed by atoms with van der Waals surface area (Å²) in [5, 5.41) is 9.12. The van der Waals surface area contributed by atoms with E-state index in [-0.39, 0.29) is 16.9 Å². The van der Waals surface area contributed by atoms with E-state index in [1.54, 1.807) is 0 Å². The third-order valence-electron chi connectivity index (χ3n) is 2.05. The van der Waals surface area contributed by atoms with Crippen LogP contribution in [0.4, 0.5) is 0 Å². The number of methoxy groups -OCH3 is 1. The minimum atomic E-state index is -1.91. The average molecular weight is 268 g/mol. The van der Waals surface area contributed by atoms with Crippen molar-refractivity contribution in [1.82, 2.24) is 0 Å². The van der Waals surface area contributed by atoms with Gasteiger partial charge in [-0.15, -0.1) is 0 Å². The van der Waals surface area contributed by atoms with Gasteiger partial charge in [0.25, 0.3) is 0 Å². The first-order valence-corrected chi connectivity index (χ1v) is 8.80. The van der Waals surface area contributed by atoms with Gasteiger partial charge >= 0.3 is 11.9 Å². The quantitative estimate of drug-likeness (QED) is 0.670. The molecule has 0 aliphatic rings. The Morgan fingerprint density at radius 3 is 2.28 bits per heavy atom. The molecule has 0 radical (unpaired) electrons. The van der Waals surface area contributed by atoms with Crippen molar-refractivity contribution in [3.63, 3.8) is 0 Å². The van der Waals surface area contributed by atoms with E-state index < -0.39 is 20.3 Å². The zero-order valence-corrected chi connectivity index (χ0v) is 11.8. The molecule has 0 spiro atoms. The van der Waals surface area contributed by atoms with Crippen LogP contribution < -0.4 is 4.43 Å². The maximum absolute atomic E-state index is 11.3. The van der Waals surface area contributed by atoms with Gasteiger partial charge in [0, 0.05) is 0 Å². The fourth-order valence-corrected chi connectivity index (χ4v) is 2.20. The summed E-state index contributed by atoms with van der Waals surface area (Å²) in [6.07, 6.45) is 0. The first-order chi connectivity index (χ1) is 8.24. The Morgan fingerprint density at radius 1 is 1.22 bits per heavy atom. The summed E-state index contributed by atoms with van der Waals surface area (Å²) in [4.78, 5) is 22.5. The molecule has 0 heterocycles. The van der Waals surface area contributed by atoms with Gasteiger partial charge in [-0.25, -0.2) is 9.59 Å². The van der Waals surface area contributed by atoms with Crippen molar-refractivity contribution in [2.24, 2.45) is 0 Å². The van der Waals surface area contributed by atoms with Gasteiger partial charge in [-0.05, 0) is 37.8 Å². The zero-order chi connectivity index (χ0) is 13.9. The molecule has 5 nitrogen and oxygen atoms in total. The highest BCUT2D eigenvalue weighted by atomic mass is 28.4. The summed E-state index contributed by atoms with van der Waals surface area (Å²) in [6, 6.07) is 4.26. The summed E-state index contributed by atoms with van der Waals surface area (Å²) < 4.78 is 10.2. The van der Waals surface area contributed by atoms with Crippen LogP contribution in [0.25, 0.3) is 0 Å². The molecule has 1 aromatic rings. The maximum atomic E-state index is 11.3. The number of rotatable bonds is 4. The molecule has 1 aromatic carbocycles. The van der Waals surface area contributed by atoms with Crippen LogP contribution in [-0.4, -0.2) is 32.5 Å². The lowest BCUT2D eigenvalue weighted by Gasteiger charge is -2.20. The predicted molar refractivity (Wildman–Crippen MR) is 68.7 cm³/mol. The van der Waals surface area contributed by atoms with Crippen molar-refractivity contribution in [2.75, 3.05) is 7.11 Å². The molecule has 0 saturated heterocycles. The Kier molecular flexibility index (Phi) is 4.13. The lowest BCUT2D eigenvalue weighted by atomic mass is 10.1. The van der Waals surface area contributed by atoms with Gasteiger partial charge in [-0.3, -0.25) is 0 Å². The van der Waals surface area contributed by atoms with E-state index in [4.69, 9.17) is 9.53 Å². The molecule has 0 aliphatic carbocycles. The third kappa shape index (κ3) is 3.59. The number of carboxylic acids is 1. The molecule has 0 bridgehead atoms. The molecule has 98 valence electrons. The van der Waals surface area contributed by atoms with Crippen molar-refractivity contribution >= 4 is 20.3 Å². The fraction of sp³-hybridized carbons (Fsp3) is 0.333. The van der Waals surface area contributed by atoms with E-state index >= 15 is 0 Å². The second-order valence-electron chi connectivity index (χ2n) is 4.72. The van der Waals surface area contributed by atoms with Crippen molar-refractivity contribution in [3.05, 3.63) is 29.3 Å². The summed E-state index contributed by atoms with van der Waals surface area (Å²) in [5.41, 5.74) is 0.165. The third-order valence-corrected chi connectivity index (χ3v) is 2.88. The first-order valence-electron chi connectivity index (χ1n) is 5.39. The van der Waals surface area contributed by atoms with Crippen LogP contribution in [0.1, 0.15) is 20.7 Å². The van der Waals surface area contributed by atoms with Crippen LogP contribution in [0, 0.1) is 0 Å². The number of carbonyl (C=O) groups is 2. The molecule has 0 saturated carbocycles. The van der Waals surface area contributed by atoms with Gasteiger partial charge in [0.1, 0.15) is 11.3 Å². The monoisotopic (exact) mass is 268 g/mol. The van der Waals surface area contributed by atoms with Crippen LogP contribution >= 0.6 is 0 Å². The lowest BCUT2D eigenvalue weighted by Crippen LogP contribution is -2.30. The number of aromatic carboxylic acids is 1. The highest BCUT2D eigenvalue weighted by Crippen LogP contribution is 2.23. The molecular weight excluding hydrogens is 252 g/mol. The number of hydrogen-bond acceptors (Lipinski definition) is 4. The van der Waals surface area contributed by atoms with E-state index in [1.807, 2.05) is 19.6 Å². The number of esters is 1. The van der Waals surface area contributed by atoms with Crippen molar-refractivity contribution in [1.29, 1.82) is 0 Å². The largest absolute Gasteiger partial charge is 0.544 e. The van der Waals surface area contributed by atoms with Crippen molar-refractivity contribution in [2.45, 2.75) is 19.6 Å². The first kappa shape index (κ1) is 14.2. The Bertz CT molecular complexity index is 476. The van der Waals surface area contributed by atoms with Gasteiger partial charge in [0.2, 0.25) is 8.32 Å². The van der Waals surface area contributed by atoms with Gasteiger partial charge < -0.3 is 14.3 Å². The zero-order valence-electron chi connectivity index (χ0n) is 10.8. The van der Waals surface area contributed by atoms with Crippen LogP contribution in [0.2, 0.25) is 19.6 Å². The standard InChI is InChI=1S/C12H16O5Si/c1-16-12(15)8-5-6-10(17-18(2,3)4)9(7-8)11(13)14/h5-7H,1-4H3,(H,13,14). The number of carboxylic acid groups (broad SMARTS) is 1. The Balaban J connectivity index is 3.21. The van der Waals surface area contributed by atoms with Crippen LogP contribution in [0.3, 0.4) is 0 Å². The van der Waals surface area contributed by atoms with E-state index in [2.05, 4.69) is 4.74 Å². The van der Waals surface area contributed by atoms with Crippen LogP contribution in [-0.2, 0) is 4.74 Å². The SMILES string of the molecule is COC(=O)c1ccc(O[Si](C)(C)C)c(C(=O)O)c1. The van der Waals surface area contributed by atoms with E-state index in [0.717, 1.165) is 0 Å². The molecular formula is C12H16O5Si. The van der Waals surface area contributed by atoms with Gasteiger partial charge in [0.05, 0.1) is 12.7 Å². The second kappa shape index (κ2) is 5.22. The van der Waals surface area contributed by atoms with Crippen molar-refractivity contribution < 1.29 is 23.9 Å². The molecule has 6 heteroatoms. The van der Waals surface area contributed by atoms with Gasteiger partial charge in [-0.2, -0.15) is 0 Å². The topological polar surface area (TPSA) is 72.8 Å². The minimum absolute atomic E-state index is 0.0275. The molecule has 0 amide bonds. The molecule has 18 heavy (non-hydrogen) atoms. The molecule has 0 atom stereocenters. The number of ether oxygens (including phenoxy) is 1. The smallest absolute Gasteiger partial charge is 0.339 e. The van der Waals surface area contributed by atoms with Gasteiger partial charge in [-0.1, -0.05) is 0 Å². The molecule has 0 aromatic heterocycles. The highest BCUT2D eigenvalue weighted by molar-refractivity contribution is 6.70. The Labute approximate surface area is 106 Å². The summed E-state index contributed by atoms with van der Waals surface area (Å²) in [5.74, 6) is -1.42. The van der Waals surface area contributed by atoms with E-state index in [0.29, 0.717) is 0 Å². The van der Waals surface area contributed by atoms with Crippen LogP contribution in [0.5, 0.6) is 5.75 Å². The molecule has 0 unspecified atom stereocenters. The number of hydrogen-bond donors (Lipinski definition) is 1. The molecule has 1 rings (SSSR count). The Morgan fingerprint density at radius 2 is 1.83 bits per heavy atom. The number of carbonyl (C=O) groups excluding carboxylic acids is 1. The average Bonchev–Trinajstić information content (AvgIpc) is 2.26. The molecule has 0 fully saturated rings.